The summed E-state index contributed by atoms with van der Waals surface area (Å²) in [6.45, 7) is 9.41. The predicted octanol–water partition coefficient (Wildman–Crippen LogP) is 3.82. The maximum Gasteiger partial charge on any atom is 0.187 e. The molecular formula is C21H32N2O2. The third-order valence-electron chi connectivity index (χ3n) is 6.13. The van der Waals surface area contributed by atoms with Gasteiger partial charge >= 0.3 is 0 Å². The van der Waals surface area contributed by atoms with Gasteiger partial charge in [-0.3, -0.25) is 9.78 Å². The van der Waals surface area contributed by atoms with Crippen molar-refractivity contribution >= 4 is 5.78 Å². The van der Waals surface area contributed by atoms with Crippen LogP contribution in [0.2, 0.25) is 0 Å². The molecule has 0 amide bonds. The first kappa shape index (κ1) is 18.5. The zero-order valence-corrected chi connectivity index (χ0v) is 15.7. The largest absolute Gasteiger partial charge is 0.381 e. The molecule has 0 aromatic carbocycles. The van der Waals surface area contributed by atoms with Crippen molar-refractivity contribution in [1.29, 1.82) is 0 Å². The summed E-state index contributed by atoms with van der Waals surface area (Å²) >= 11 is 0. The zero-order valence-electron chi connectivity index (χ0n) is 15.7. The summed E-state index contributed by atoms with van der Waals surface area (Å²) in [5.74, 6) is 1.46. The normalized spacial score (nSPS) is 22.2. The number of hydrogen-bond donors (Lipinski definition) is 0. The van der Waals surface area contributed by atoms with Crippen molar-refractivity contribution in [1.82, 2.24) is 9.88 Å². The number of rotatable bonds is 6. The molecule has 2 aliphatic rings. The molecule has 4 nitrogen and oxygen atoms in total. The van der Waals surface area contributed by atoms with Crippen molar-refractivity contribution in [3.63, 3.8) is 0 Å². The lowest BCUT2D eigenvalue weighted by Gasteiger charge is -2.45. The van der Waals surface area contributed by atoms with Gasteiger partial charge in [0.2, 0.25) is 0 Å². The maximum atomic E-state index is 13.4. The number of nitrogens with zero attached hydrogens (tertiary/aromatic N) is 2. The number of piperidine rings is 1. The fraction of sp³-hybridized carbons (Fsp3) is 0.714. The Balaban J connectivity index is 1.70. The molecule has 2 saturated heterocycles. The van der Waals surface area contributed by atoms with E-state index in [2.05, 4.69) is 23.7 Å². The molecule has 1 aromatic heterocycles. The Bertz CT molecular complexity index is 544. The quantitative estimate of drug-likeness (QED) is 0.736. The predicted molar refractivity (Wildman–Crippen MR) is 99.7 cm³/mol. The third-order valence-corrected chi connectivity index (χ3v) is 6.13. The van der Waals surface area contributed by atoms with Gasteiger partial charge in [-0.15, -0.1) is 0 Å². The van der Waals surface area contributed by atoms with E-state index in [1.807, 2.05) is 18.2 Å². The molecule has 0 aliphatic carbocycles. The molecule has 1 aromatic rings. The Morgan fingerprint density at radius 2 is 2.00 bits per heavy atom. The second-order valence-electron chi connectivity index (χ2n) is 8.11. The van der Waals surface area contributed by atoms with Crippen LogP contribution in [0.5, 0.6) is 0 Å². The van der Waals surface area contributed by atoms with E-state index in [-0.39, 0.29) is 11.2 Å². The fourth-order valence-corrected chi connectivity index (χ4v) is 4.46. The lowest BCUT2D eigenvalue weighted by atomic mass is 9.63. The lowest BCUT2D eigenvalue weighted by molar-refractivity contribution is -0.0226. The molecule has 2 fully saturated rings. The number of likely N-dealkylation sites (tertiary alicyclic amines) is 1. The average molecular weight is 344 g/mol. The van der Waals surface area contributed by atoms with Crippen LogP contribution < -0.4 is 0 Å². The highest BCUT2D eigenvalue weighted by Gasteiger charge is 2.47. The van der Waals surface area contributed by atoms with Crippen LogP contribution in [-0.2, 0) is 4.74 Å². The number of ketones is 1. The highest BCUT2D eigenvalue weighted by Crippen LogP contribution is 2.45. The summed E-state index contributed by atoms with van der Waals surface area (Å²) in [6, 6.07) is 5.67. The van der Waals surface area contributed by atoms with Gasteiger partial charge in [0.1, 0.15) is 5.69 Å². The van der Waals surface area contributed by atoms with Crippen LogP contribution >= 0.6 is 0 Å². The number of Topliss-reactive ketones (excluding diaryl/α,β-unsaturated/α-hetero) is 1. The highest BCUT2D eigenvalue weighted by molar-refractivity contribution is 5.99. The van der Waals surface area contributed by atoms with Crippen molar-refractivity contribution in [3.8, 4) is 0 Å². The van der Waals surface area contributed by atoms with E-state index in [4.69, 9.17) is 4.74 Å². The van der Waals surface area contributed by atoms with Crippen LogP contribution in [0.3, 0.4) is 0 Å². The topological polar surface area (TPSA) is 42.4 Å². The lowest BCUT2D eigenvalue weighted by Crippen LogP contribution is -2.48. The number of carbonyl (C=O) groups is 1. The second-order valence-corrected chi connectivity index (χ2v) is 8.11. The van der Waals surface area contributed by atoms with Crippen molar-refractivity contribution < 1.29 is 9.53 Å². The van der Waals surface area contributed by atoms with Crippen LogP contribution in [0.4, 0.5) is 0 Å². The van der Waals surface area contributed by atoms with Gasteiger partial charge in [0.15, 0.2) is 5.78 Å². The maximum absolute atomic E-state index is 13.4. The first-order valence-corrected chi connectivity index (χ1v) is 9.88. The summed E-state index contributed by atoms with van der Waals surface area (Å²) in [5.41, 5.74) is 0.364. The van der Waals surface area contributed by atoms with Crippen LogP contribution in [0.1, 0.15) is 56.4 Å². The number of pyridine rings is 1. The summed E-state index contributed by atoms with van der Waals surface area (Å²) in [6.07, 6.45) is 6.93. The Morgan fingerprint density at radius 1 is 1.28 bits per heavy atom. The second kappa shape index (κ2) is 8.41. The van der Waals surface area contributed by atoms with E-state index in [1.54, 1.807) is 6.20 Å². The molecule has 2 aliphatic heterocycles. The molecule has 0 spiro atoms. The van der Waals surface area contributed by atoms with Gasteiger partial charge in [-0.1, -0.05) is 19.9 Å². The summed E-state index contributed by atoms with van der Waals surface area (Å²) in [5, 5.41) is 0. The number of aromatic nitrogens is 1. The van der Waals surface area contributed by atoms with E-state index in [1.165, 1.54) is 13.0 Å². The van der Waals surface area contributed by atoms with Crippen LogP contribution in [0.15, 0.2) is 24.4 Å². The van der Waals surface area contributed by atoms with Gasteiger partial charge in [-0.05, 0) is 75.7 Å². The standard InChI is InChI=1S/C21H32N2O2/c1-17(2)6-12-23-13-7-18(8-14-23)21(9-15-25-16-10-21)20(24)19-5-3-4-11-22-19/h3-5,11,17-18H,6-10,12-16H2,1-2H3. The molecule has 0 bridgehead atoms. The molecule has 0 radical (unpaired) electrons. The van der Waals surface area contributed by atoms with Gasteiger partial charge in [-0.25, -0.2) is 0 Å². The van der Waals surface area contributed by atoms with Crippen LogP contribution in [0, 0.1) is 17.3 Å². The number of hydrogen-bond acceptors (Lipinski definition) is 4. The van der Waals surface area contributed by atoms with Crippen LogP contribution in [-0.4, -0.2) is 48.5 Å². The van der Waals surface area contributed by atoms with Crippen molar-refractivity contribution in [2.75, 3.05) is 32.8 Å². The summed E-state index contributed by atoms with van der Waals surface area (Å²) < 4.78 is 5.60. The monoisotopic (exact) mass is 344 g/mol. The molecule has 3 heterocycles. The average Bonchev–Trinajstić information content (AvgIpc) is 2.67. The molecule has 4 heteroatoms. The Kier molecular flexibility index (Phi) is 6.24. The van der Waals surface area contributed by atoms with E-state index in [0.717, 1.165) is 44.7 Å². The molecule has 0 saturated carbocycles. The van der Waals surface area contributed by atoms with Crippen molar-refractivity contribution in [3.05, 3.63) is 30.1 Å². The molecule has 25 heavy (non-hydrogen) atoms. The van der Waals surface area contributed by atoms with Gasteiger partial charge < -0.3 is 9.64 Å². The molecule has 3 rings (SSSR count). The Morgan fingerprint density at radius 3 is 2.60 bits per heavy atom. The van der Waals surface area contributed by atoms with Crippen LogP contribution in [0.25, 0.3) is 0 Å². The smallest absolute Gasteiger partial charge is 0.187 e. The Hall–Kier alpha value is -1.26. The van der Waals surface area contributed by atoms with E-state index in [9.17, 15) is 4.79 Å². The molecule has 0 unspecified atom stereocenters. The molecule has 138 valence electrons. The van der Waals surface area contributed by atoms with Gasteiger partial charge in [0.05, 0.1) is 0 Å². The third kappa shape index (κ3) is 4.29. The van der Waals surface area contributed by atoms with Crippen molar-refractivity contribution in [2.45, 2.75) is 46.0 Å². The fourth-order valence-electron chi connectivity index (χ4n) is 4.46. The minimum absolute atomic E-state index is 0.247. The summed E-state index contributed by atoms with van der Waals surface area (Å²) in [4.78, 5) is 20.3. The van der Waals surface area contributed by atoms with E-state index >= 15 is 0 Å². The van der Waals surface area contributed by atoms with Gasteiger partial charge in [0, 0.05) is 24.8 Å². The first-order valence-electron chi connectivity index (χ1n) is 9.88. The minimum Gasteiger partial charge on any atom is -0.381 e. The first-order chi connectivity index (χ1) is 12.1. The van der Waals surface area contributed by atoms with Gasteiger partial charge in [0.25, 0.3) is 0 Å². The van der Waals surface area contributed by atoms with E-state index < -0.39 is 0 Å². The minimum atomic E-state index is -0.267. The molecule has 0 N–H and O–H groups in total. The van der Waals surface area contributed by atoms with Crippen molar-refractivity contribution in [2.24, 2.45) is 17.3 Å². The van der Waals surface area contributed by atoms with Gasteiger partial charge in [-0.2, -0.15) is 0 Å². The molecule has 0 atom stereocenters. The highest BCUT2D eigenvalue weighted by atomic mass is 16.5. The zero-order chi connectivity index (χ0) is 17.7. The number of ether oxygens (including phenoxy) is 1. The van der Waals surface area contributed by atoms with E-state index in [0.29, 0.717) is 24.8 Å². The SMILES string of the molecule is CC(C)CCN1CCC(C2(C(=O)c3ccccn3)CCOCC2)CC1. The Labute approximate surface area is 152 Å². The number of carbonyl (C=O) groups excluding carboxylic acids is 1. The molecular weight excluding hydrogens is 312 g/mol. The summed E-state index contributed by atoms with van der Waals surface area (Å²) in [7, 11) is 0.